The van der Waals surface area contributed by atoms with Gasteiger partial charge in [-0.15, -0.1) is 11.8 Å². The number of nitrogens with zero attached hydrogens (tertiary/aromatic N) is 2. The van der Waals surface area contributed by atoms with Crippen molar-refractivity contribution in [1.82, 2.24) is 10.3 Å². The molecule has 2 heterocycles. The van der Waals surface area contributed by atoms with E-state index in [1.807, 2.05) is 30.5 Å². The second kappa shape index (κ2) is 9.82. The molecule has 0 aliphatic carbocycles. The van der Waals surface area contributed by atoms with Gasteiger partial charge in [-0.3, -0.25) is 9.59 Å². The molecule has 0 radical (unpaired) electrons. The average Bonchev–Trinajstić information content (AvgIpc) is 3.21. The van der Waals surface area contributed by atoms with Crippen LogP contribution in [0.15, 0.2) is 71.8 Å². The predicted octanol–water partition coefficient (Wildman–Crippen LogP) is 4.40. The number of carbonyl (C=O) groups is 2. The molecule has 1 aliphatic rings. The zero-order valence-corrected chi connectivity index (χ0v) is 18.3. The first kappa shape index (κ1) is 21.8. The Labute approximate surface area is 189 Å². The van der Waals surface area contributed by atoms with E-state index in [1.165, 1.54) is 24.3 Å². The molecule has 1 unspecified atom stereocenters. The molecule has 164 valence electrons. The van der Waals surface area contributed by atoms with E-state index in [0.717, 1.165) is 16.1 Å². The summed E-state index contributed by atoms with van der Waals surface area (Å²) >= 11 is 1.64. The van der Waals surface area contributed by atoms with E-state index in [4.69, 9.17) is 4.74 Å². The van der Waals surface area contributed by atoms with Gasteiger partial charge in [-0.1, -0.05) is 6.07 Å². The highest BCUT2D eigenvalue weighted by Crippen LogP contribution is 2.27. The van der Waals surface area contributed by atoms with Gasteiger partial charge in [-0.05, 0) is 60.4 Å². The summed E-state index contributed by atoms with van der Waals surface area (Å²) in [6.07, 6.45) is 3.80. The minimum atomic E-state index is -0.392. The third-order valence-electron chi connectivity index (χ3n) is 5.18. The minimum Gasteiger partial charge on any atom is -0.439 e. The van der Waals surface area contributed by atoms with Gasteiger partial charge < -0.3 is 15.0 Å². The van der Waals surface area contributed by atoms with Gasteiger partial charge in [0.1, 0.15) is 11.6 Å². The molecular formula is C24H22FN3O3S. The quantitative estimate of drug-likeness (QED) is 0.539. The summed E-state index contributed by atoms with van der Waals surface area (Å²) in [7, 11) is 0. The Balaban J connectivity index is 1.29. The SMILES string of the molecule is CSc1ccc(N2CC(C(=O)NCc3ccc(Oc4ccc(F)cc4)nc3)CC2=O)cc1. The maximum atomic E-state index is 13.0. The number of hydrogen-bond donors (Lipinski definition) is 1. The largest absolute Gasteiger partial charge is 0.439 e. The van der Waals surface area contributed by atoms with Crippen molar-refractivity contribution in [3.63, 3.8) is 0 Å². The number of carbonyl (C=O) groups excluding carboxylic acids is 2. The van der Waals surface area contributed by atoms with Crippen molar-refractivity contribution in [2.75, 3.05) is 17.7 Å². The van der Waals surface area contributed by atoms with Crippen LogP contribution in [0.25, 0.3) is 0 Å². The molecule has 4 rings (SSSR count). The molecule has 1 atom stereocenters. The molecule has 1 N–H and O–H groups in total. The molecule has 8 heteroatoms. The molecule has 0 saturated carbocycles. The first-order valence-electron chi connectivity index (χ1n) is 10.1. The summed E-state index contributed by atoms with van der Waals surface area (Å²) in [5.41, 5.74) is 1.61. The number of aromatic nitrogens is 1. The van der Waals surface area contributed by atoms with Gasteiger partial charge in [0.25, 0.3) is 0 Å². The second-order valence-electron chi connectivity index (χ2n) is 7.38. The molecule has 0 spiro atoms. The monoisotopic (exact) mass is 451 g/mol. The molecule has 6 nitrogen and oxygen atoms in total. The fraction of sp³-hybridized carbons (Fsp3) is 0.208. The Morgan fingerprint density at radius 1 is 1.16 bits per heavy atom. The van der Waals surface area contributed by atoms with Crippen molar-refractivity contribution in [3.05, 3.63) is 78.2 Å². The van der Waals surface area contributed by atoms with Gasteiger partial charge in [-0.25, -0.2) is 9.37 Å². The number of thioether (sulfide) groups is 1. The van der Waals surface area contributed by atoms with Crippen molar-refractivity contribution >= 4 is 29.3 Å². The zero-order valence-electron chi connectivity index (χ0n) is 17.5. The normalized spacial score (nSPS) is 15.6. The number of amides is 2. The van der Waals surface area contributed by atoms with Gasteiger partial charge >= 0.3 is 0 Å². The van der Waals surface area contributed by atoms with E-state index in [0.29, 0.717) is 24.7 Å². The number of pyridine rings is 1. The fourth-order valence-electron chi connectivity index (χ4n) is 3.43. The summed E-state index contributed by atoms with van der Waals surface area (Å²) in [5, 5.41) is 2.88. The highest BCUT2D eigenvalue weighted by atomic mass is 32.2. The summed E-state index contributed by atoms with van der Waals surface area (Å²) in [4.78, 5) is 32.0. The van der Waals surface area contributed by atoms with E-state index >= 15 is 0 Å². The van der Waals surface area contributed by atoms with E-state index < -0.39 is 5.92 Å². The molecule has 1 saturated heterocycles. The third-order valence-corrected chi connectivity index (χ3v) is 5.92. The third kappa shape index (κ3) is 5.26. The molecule has 32 heavy (non-hydrogen) atoms. The van der Waals surface area contributed by atoms with Gasteiger partial charge in [0.05, 0.1) is 5.92 Å². The summed E-state index contributed by atoms with van der Waals surface area (Å²) in [6, 6.07) is 16.9. The summed E-state index contributed by atoms with van der Waals surface area (Å²) in [5.74, 6) is -0.0808. The number of anilines is 1. The first-order valence-corrected chi connectivity index (χ1v) is 11.3. The van der Waals surface area contributed by atoms with Crippen molar-refractivity contribution in [2.45, 2.75) is 17.9 Å². The molecule has 2 amide bonds. The summed E-state index contributed by atoms with van der Waals surface area (Å²) < 4.78 is 18.5. The summed E-state index contributed by atoms with van der Waals surface area (Å²) in [6.45, 7) is 0.668. The number of hydrogen-bond acceptors (Lipinski definition) is 5. The number of nitrogens with one attached hydrogen (secondary N) is 1. The molecule has 1 aromatic heterocycles. The number of halogens is 1. The lowest BCUT2D eigenvalue weighted by molar-refractivity contribution is -0.126. The van der Waals surface area contributed by atoms with E-state index in [2.05, 4.69) is 10.3 Å². The minimum absolute atomic E-state index is 0.0500. The topological polar surface area (TPSA) is 71.5 Å². The molecule has 3 aromatic rings. The van der Waals surface area contributed by atoms with Crippen LogP contribution in [0.1, 0.15) is 12.0 Å². The fourth-order valence-corrected chi connectivity index (χ4v) is 3.84. The van der Waals surface area contributed by atoms with Crippen LogP contribution in [-0.4, -0.2) is 29.6 Å². The predicted molar refractivity (Wildman–Crippen MR) is 121 cm³/mol. The smallest absolute Gasteiger partial charge is 0.227 e. The Kier molecular flexibility index (Phi) is 6.70. The molecular weight excluding hydrogens is 429 g/mol. The molecule has 1 fully saturated rings. The van der Waals surface area contributed by atoms with Gasteiger partial charge in [0.2, 0.25) is 17.7 Å². The van der Waals surface area contributed by atoms with Crippen LogP contribution in [0.4, 0.5) is 10.1 Å². The van der Waals surface area contributed by atoms with E-state index in [9.17, 15) is 14.0 Å². The maximum Gasteiger partial charge on any atom is 0.227 e. The Bertz CT molecular complexity index is 1090. The lowest BCUT2D eigenvalue weighted by atomic mass is 10.1. The highest BCUT2D eigenvalue weighted by molar-refractivity contribution is 7.98. The van der Waals surface area contributed by atoms with E-state index in [1.54, 1.807) is 35.0 Å². The standard InChI is InChI=1S/C24H22FN3O3S/c1-32-21-9-5-19(6-10-21)28-15-17(12-23(28)29)24(30)27-14-16-2-11-22(26-13-16)31-20-7-3-18(25)4-8-20/h2-11,13,17H,12,14-15H2,1H3,(H,27,30). The maximum absolute atomic E-state index is 13.0. The number of benzene rings is 2. The van der Waals surface area contributed by atoms with Gasteiger partial charge in [0, 0.05) is 42.4 Å². The lowest BCUT2D eigenvalue weighted by Gasteiger charge is -2.17. The molecule has 0 bridgehead atoms. The van der Waals surface area contributed by atoms with Crippen LogP contribution in [0.5, 0.6) is 11.6 Å². The van der Waals surface area contributed by atoms with Crippen molar-refractivity contribution in [2.24, 2.45) is 5.92 Å². The Morgan fingerprint density at radius 2 is 1.91 bits per heavy atom. The van der Waals surface area contributed by atoms with Crippen molar-refractivity contribution in [3.8, 4) is 11.6 Å². The van der Waals surface area contributed by atoms with Crippen LogP contribution in [-0.2, 0) is 16.1 Å². The van der Waals surface area contributed by atoms with Crippen molar-refractivity contribution < 1.29 is 18.7 Å². The van der Waals surface area contributed by atoms with Crippen molar-refractivity contribution in [1.29, 1.82) is 0 Å². The Hall–Kier alpha value is -3.39. The van der Waals surface area contributed by atoms with Crippen LogP contribution < -0.4 is 15.0 Å². The second-order valence-corrected chi connectivity index (χ2v) is 8.26. The van der Waals surface area contributed by atoms with Crippen LogP contribution in [0.3, 0.4) is 0 Å². The Morgan fingerprint density at radius 3 is 2.56 bits per heavy atom. The lowest BCUT2D eigenvalue weighted by Crippen LogP contribution is -2.32. The average molecular weight is 452 g/mol. The first-order chi connectivity index (χ1) is 15.5. The number of rotatable bonds is 7. The number of ether oxygens (including phenoxy) is 1. The van der Waals surface area contributed by atoms with Gasteiger partial charge in [0.15, 0.2) is 0 Å². The van der Waals surface area contributed by atoms with Gasteiger partial charge in [-0.2, -0.15) is 0 Å². The van der Waals surface area contributed by atoms with Crippen LogP contribution in [0, 0.1) is 11.7 Å². The molecule has 1 aliphatic heterocycles. The van der Waals surface area contributed by atoms with E-state index in [-0.39, 0.29) is 24.1 Å². The van der Waals surface area contributed by atoms with Crippen LogP contribution in [0.2, 0.25) is 0 Å². The van der Waals surface area contributed by atoms with Crippen LogP contribution >= 0.6 is 11.8 Å². The molecule has 2 aromatic carbocycles. The highest BCUT2D eigenvalue weighted by Gasteiger charge is 2.34. The zero-order chi connectivity index (χ0) is 22.5.